The van der Waals surface area contributed by atoms with Crippen LogP contribution in [0.3, 0.4) is 0 Å². The van der Waals surface area contributed by atoms with E-state index < -0.39 is 0 Å². The number of cyclic esters (lactones) is 1. The van der Waals surface area contributed by atoms with Crippen LogP contribution in [-0.2, 0) is 9.53 Å². The second kappa shape index (κ2) is 1.52. The number of carbonyl (C=O) groups is 1. The molecule has 0 aliphatic carbocycles. The van der Waals surface area contributed by atoms with Gasteiger partial charge in [-0.15, -0.1) is 0 Å². The van der Waals surface area contributed by atoms with Crippen LogP contribution < -0.4 is 0 Å². The summed E-state index contributed by atoms with van der Waals surface area (Å²) < 4.78 is 4.59. The van der Waals surface area contributed by atoms with Crippen molar-refractivity contribution in [1.82, 2.24) is 0 Å². The van der Waals surface area contributed by atoms with Gasteiger partial charge in [-0.05, 0) is 13.3 Å². The van der Waals surface area contributed by atoms with Gasteiger partial charge in [0.25, 0.3) is 0 Å². The summed E-state index contributed by atoms with van der Waals surface area (Å²) in [6.45, 7) is 2.39. The summed E-state index contributed by atoms with van der Waals surface area (Å²) in [5, 5.41) is 0. The lowest BCUT2D eigenvalue weighted by Gasteiger charge is -1.87. The summed E-state index contributed by atoms with van der Waals surface area (Å²) in [7, 11) is 0. The third-order valence-electron chi connectivity index (χ3n) is 1.06. The molecular formula is C5H7O2. The first-order valence-corrected chi connectivity index (χ1v) is 2.30. The first-order chi connectivity index (χ1) is 3.30. The summed E-state index contributed by atoms with van der Waals surface area (Å²) in [5.41, 5.74) is 0. The Bertz CT molecular complexity index is 88.1. The van der Waals surface area contributed by atoms with E-state index in [9.17, 15) is 4.79 Å². The minimum absolute atomic E-state index is 0.125. The van der Waals surface area contributed by atoms with Crippen molar-refractivity contribution < 1.29 is 9.53 Å². The Morgan fingerprint density at radius 1 is 1.71 bits per heavy atom. The van der Waals surface area contributed by atoms with Crippen LogP contribution in [0.2, 0.25) is 0 Å². The molecule has 39 valence electrons. The molecule has 2 nitrogen and oxygen atoms in total. The van der Waals surface area contributed by atoms with Crippen molar-refractivity contribution in [1.29, 1.82) is 0 Å². The second-order valence-corrected chi connectivity index (χ2v) is 1.67. The molecule has 2 heteroatoms. The Kier molecular flexibility index (Phi) is 1.01. The molecule has 0 bridgehead atoms. The molecule has 0 atom stereocenters. The number of ether oxygens (including phenoxy) is 1. The van der Waals surface area contributed by atoms with Crippen molar-refractivity contribution in [2.24, 2.45) is 0 Å². The van der Waals surface area contributed by atoms with Gasteiger partial charge in [-0.3, -0.25) is 4.79 Å². The van der Waals surface area contributed by atoms with Gasteiger partial charge in [0.05, 0.1) is 12.5 Å². The van der Waals surface area contributed by atoms with E-state index >= 15 is 0 Å². The molecule has 1 radical (unpaired) electrons. The summed E-state index contributed by atoms with van der Waals surface area (Å²) in [4.78, 5) is 10.3. The van der Waals surface area contributed by atoms with Gasteiger partial charge in [0.2, 0.25) is 0 Å². The molecule has 0 N–H and O–H groups in total. The Morgan fingerprint density at radius 2 is 2.43 bits per heavy atom. The number of rotatable bonds is 0. The lowest BCUT2D eigenvalue weighted by atomic mass is 10.2. The largest absolute Gasteiger partial charge is 0.465 e. The zero-order chi connectivity index (χ0) is 5.28. The van der Waals surface area contributed by atoms with Crippen LogP contribution in [0.4, 0.5) is 0 Å². The number of carbonyl (C=O) groups excluding carboxylic acids is 1. The van der Waals surface area contributed by atoms with Gasteiger partial charge in [0.15, 0.2) is 0 Å². The average Bonchev–Trinajstić information content (AvgIpc) is 1.91. The van der Waals surface area contributed by atoms with Crippen LogP contribution in [-0.4, -0.2) is 12.6 Å². The van der Waals surface area contributed by atoms with E-state index in [1.165, 1.54) is 0 Å². The molecular weight excluding hydrogens is 92.1 g/mol. The van der Waals surface area contributed by atoms with Crippen LogP contribution in [0.5, 0.6) is 0 Å². The van der Waals surface area contributed by atoms with Gasteiger partial charge in [-0.25, -0.2) is 0 Å². The second-order valence-electron chi connectivity index (χ2n) is 1.67. The van der Waals surface area contributed by atoms with E-state index in [1.54, 1.807) is 6.92 Å². The smallest absolute Gasteiger partial charge is 0.313 e. The maximum Gasteiger partial charge on any atom is 0.313 e. The topological polar surface area (TPSA) is 26.3 Å². The van der Waals surface area contributed by atoms with E-state index in [2.05, 4.69) is 4.74 Å². The third-order valence-corrected chi connectivity index (χ3v) is 1.06. The minimum Gasteiger partial charge on any atom is -0.465 e. The number of hydrogen-bond acceptors (Lipinski definition) is 2. The van der Waals surface area contributed by atoms with Crippen LogP contribution in [0, 0.1) is 5.92 Å². The van der Waals surface area contributed by atoms with E-state index in [0.29, 0.717) is 6.61 Å². The molecule has 0 aromatic carbocycles. The SMILES string of the molecule is C[C]1CCOC1=O. The first-order valence-electron chi connectivity index (χ1n) is 2.30. The van der Waals surface area contributed by atoms with Crippen molar-refractivity contribution in [3.63, 3.8) is 0 Å². The molecule has 1 saturated heterocycles. The third kappa shape index (κ3) is 0.734. The van der Waals surface area contributed by atoms with Gasteiger partial charge in [0.1, 0.15) is 0 Å². The molecule has 0 saturated carbocycles. The molecule has 0 spiro atoms. The number of esters is 1. The molecule has 1 fully saturated rings. The summed E-state index contributed by atoms with van der Waals surface area (Å²) in [5.74, 6) is 0.722. The standard InChI is InChI=1S/C5H7O2/c1-4-2-3-7-5(4)6/h2-3H2,1H3. The van der Waals surface area contributed by atoms with Crippen molar-refractivity contribution in [2.45, 2.75) is 13.3 Å². The van der Waals surface area contributed by atoms with Crippen LogP contribution in [0.1, 0.15) is 13.3 Å². The maximum absolute atomic E-state index is 10.3. The predicted octanol–water partition coefficient (Wildman–Crippen LogP) is 0.528. The lowest BCUT2D eigenvalue weighted by molar-refractivity contribution is -0.136. The number of hydrogen-bond donors (Lipinski definition) is 0. The highest BCUT2D eigenvalue weighted by Gasteiger charge is 2.21. The highest BCUT2D eigenvalue weighted by molar-refractivity contribution is 5.85. The summed E-state index contributed by atoms with van der Waals surface area (Å²) in [6, 6.07) is 0. The van der Waals surface area contributed by atoms with Crippen LogP contribution in [0.25, 0.3) is 0 Å². The van der Waals surface area contributed by atoms with Gasteiger partial charge >= 0.3 is 5.97 Å². The Morgan fingerprint density at radius 3 is 2.57 bits per heavy atom. The Balaban J connectivity index is 2.48. The van der Waals surface area contributed by atoms with E-state index in [0.717, 1.165) is 12.3 Å². The fraction of sp³-hybridized carbons (Fsp3) is 0.600. The highest BCUT2D eigenvalue weighted by atomic mass is 16.5. The van der Waals surface area contributed by atoms with Gasteiger partial charge in [-0.2, -0.15) is 0 Å². The highest BCUT2D eigenvalue weighted by Crippen LogP contribution is 2.13. The van der Waals surface area contributed by atoms with Gasteiger partial charge in [0, 0.05) is 0 Å². The lowest BCUT2D eigenvalue weighted by Crippen LogP contribution is -1.98. The first kappa shape index (κ1) is 4.62. The van der Waals surface area contributed by atoms with Crippen molar-refractivity contribution in [2.75, 3.05) is 6.61 Å². The van der Waals surface area contributed by atoms with E-state index in [1.807, 2.05) is 0 Å². The fourth-order valence-electron chi connectivity index (χ4n) is 0.522. The van der Waals surface area contributed by atoms with Gasteiger partial charge < -0.3 is 4.74 Å². The van der Waals surface area contributed by atoms with Gasteiger partial charge in [-0.1, -0.05) is 0 Å². The molecule has 1 heterocycles. The average molecular weight is 99.1 g/mol. The van der Waals surface area contributed by atoms with Crippen molar-refractivity contribution >= 4 is 5.97 Å². The molecule has 0 aromatic heterocycles. The molecule has 0 amide bonds. The molecule has 7 heavy (non-hydrogen) atoms. The molecule has 0 aromatic rings. The fourth-order valence-corrected chi connectivity index (χ4v) is 0.522. The van der Waals surface area contributed by atoms with Crippen molar-refractivity contribution in [3.8, 4) is 0 Å². The minimum atomic E-state index is -0.125. The van der Waals surface area contributed by atoms with Crippen molar-refractivity contribution in [3.05, 3.63) is 5.92 Å². The quantitative estimate of drug-likeness (QED) is 0.414. The molecule has 0 unspecified atom stereocenters. The summed E-state index contributed by atoms with van der Waals surface area (Å²) >= 11 is 0. The zero-order valence-electron chi connectivity index (χ0n) is 4.23. The Labute approximate surface area is 42.5 Å². The van der Waals surface area contributed by atoms with Crippen LogP contribution in [0.15, 0.2) is 0 Å². The monoisotopic (exact) mass is 99.0 g/mol. The summed E-state index contributed by atoms with van der Waals surface area (Å²) in [6.07, 6.45) is 0.818. The molecule has 1 aliphatic heterocycles. The van der Waals surface area contributed by atoms with E-state index in [4.69, 9.17) is 0 Å². The predicted molar refractivity (Wildman–Crippen MR) is 24.5 cm³/mol. The molecule has 1 aliphatic rings. The zero-order valence-corrected chi connectivity index (χ0v) is 4.23. The normalized spacial score (nSPS) is 22.7. The maximum atomic E-state index is 10.3. The van der Waals surface area contributed by atoms with Crippen LogP contribution >= 0.6 is 0 Å². The van der Waals surface area contributed by atoms with E-state index in [-0.39, 0.29) is 5.97 Å². The molecule has 1 rings (SSSR count). The Hall–Kier alpha value is -0.530.